The largest absolute Gasteiger partial charge is 0.147 e. The Bertz CT molecular complexity index is 1660. The zero-order chi connectivity index (χ0) is 31.3. The van der Waals surface area contributed by atoms with Crippen LogP contribution < -0.4 is 0 Å². The maximum atomic E-state index is 2.59. The van der Waals surface area contributed by atoms with Crippen molar-refractivity contribution in [3.05, 3.63) is 162 Å². The standard InChI is InChI=1S/2C9H11.2C8H8.2C5H5.2ClH.2Hf/c2*1-2-5-9-7-3-6-8(9)4-1;2*1-2-8-6-4-3-5-7-8;2*1-2-4-5-3-1;;;;/h2*3,6-7H,1-2,4-5H2;2*3-7H,1H3;2*1-3H,4H2;2*1H;;. The molecule has 2 aromatic carbocycles. The first-order chi connectivity index (χ1) is 22.7. The molecule has 0 amide bonds. The summed E-state index contributed by atoms with van der Waals surface area (Å²) in [5, 5.41) is 0. The summed E-state index contributed by atoms with van der Waals surface area (Å²) >= 11 is -4.18. The quantitative estimate of drug-likeness (QED) is 0.253. The van der Waals surface area contributed by atoms with Crippen molar-refractivity contribution in [3.63, 3.8) is 0 Å². The Hall–Kier alpha value is -1.58. The Labute approximate surface area is 317 Å². The topological polar surface area (TPSA) is 0 Å². The van der Waals surface area contributed by atoms with Crippen molar-refractivity contribution in [2.24, 2.45) is 0 Å². The minimum absolute atomic E-state index is 0. The van der Waals surface area contributed by atoms with Crippen molar-refractivity contribution in [2.45, 2.75) is 85.4 Å². The van der Waals surface area contributed by atoms with Crippen molar-refractivity contribution in [2.75, 3.05) is 0 Å². The number of rotatable bonds is 6. The van der Waals surface area contributed by atoms with Crippen molar-refractivity contribution in [1.82, 2.24) is 0 Å². The first-order valence-electron chi connectivity index (χ1n) is 17.7. The summed E-state index contributed by atoms with van der Waals surface area (Å²) in [7, 11) is 0. The number of benzene rings is 2. The molecule has 0 saturated carbocycles. The van der Waals surface area contributed by atoms with E-state index in [9.17, 15) is 0 Å². The second-order valence-electron chi connectivity index (χ2n) is 13.6. The molecule has 0 bridgehead atoms. The predicted octanol–water partition coefficient (Wildman–Crippen LogP) is 12.7. The van der Waals surface area contributed by atoms with E-state index in [1.165, 1.54) is 75.3 Å². The Morgan fingerprint density at radius 2 is 0.938 bits per heavy atom. The molecule has 2 aromatic rings. The number of allylic oxidation sites excluding steroid dienone is 16. The molecule has 0 N–H and O–H groups in total. The van der Waals surface area contributed by atoms with E-state index in [-0.39, 0.29) is 24.8 Å². The zero-order valence-corrected chi connectivity index (χ0v) is 37.4. The van der Waals surface area contributed by atoms with Gasteiger partial charge in [-0.1, -0.05) is 0 Å². The van der Waals surface area contributed by atoms with Crippen LogP contribution in [0.5, 0.6) is 0 Å². The molecule has 0 aromatic heterocycles. The Morgan fingerprint density at radius 3 is 1.31 bits per heavy atom. The maximum absolute atomic E-state index is 2.59. The molecule has 0 nitrogen and oxygen atoms in total. The monoisotopic (exact) mass is 1010 g/mol. The summed E-state index contributed by atoms with van der Waals surface area (Å²) < 4.78 is 8.65. The van der Waals surface area contributed by atoms with Crippen LogP contribution in [0.25, 0.3) is 0 Å². The van der Waals surface area contributed by atoms with Crippen molar-refractivity contribution < 1.29 is 41.9 Å². The van der Waals surface area contributed by atoms with Crippen LogP contribution in [0.1, 0.15) is 89.2 Å². The van der Waals surface area contributed by atoms with Crippen LogP contribution in [0.3, 0.4) is 0 Å². The summed E-state index contributed by atoms with van der Waals surface area (Å²) in [6, 6.07) is 22.3. The van der Waals surface area contributed by atoms with Crippen LogP contribution in [0.2, 0.25) is 7.35 Å². The van der Waals surface area contributed by atoms with Crippen molar-refractivity contribution in [1.29, 1.82) is 0 Å². The molecule has 2 atom stereocenters. The maximum Gasteiger partial charge on any atom is -0.147 e. The van der Waals surface area contributed by atoms with E-state index in [0.29, 0.717) is 0 Å². The predicted molar refractivity (Wildman–Crippen MR) is 207 cm³/mol. The minimum Gasteiger partial charge on any atom is -0.147 e. The van der Waals surface area contributed by atoms with E-state index in [0.717, 1.165) is 7.35 Å². The van der Waals surface area contributed by atoms with Gasteiger partial charge < -0.3 is 0 Å². The van der Waals surface area contributed by atoms with Crippen LogP contribution >= 0.6 is 24.8 Å². The smallest absolute Gasteiger partial charge is 0.147 e. The van der Waals surface area contributed by atoms with Gasteiger partial charge in [-0.15, -0.1) is 24.8 Å². The fourth-order valence-corrected chi connectivity index (χ4v) is 33.0. The fourth-order valence-electron chi connectivity index (χ4n) is 8.52. The average molecular weight is 1010 g/mol. The van der Waals surface area contributed by atoms with Crippen molar-refractivity contribution >= 4 is 31.3 Å². The molecule has 8 rings (SSSR count). The van der Waals surface area contributed by atoms with Gasteiger partial charge in [0.15, 0.2) is 0 Å². The van der Waals surface area contributed by atoms with Crippen molar-refractivity contribution in [3.8, 4) is 0 Å². The van der Waals surface area contributed by atoms with Gasteiger partial charge in [0.1, 0.15) is 0 Å². The minimum atomic E-state index is -2.09. The molecule has 0 heterocycles. The average Bonchev–Trinajstić information content (AvgIpc) is 3.95. The summed E-state index contributed by atoms with van der Waals surface area (Å²) in [6.45, 7) is 4.87. The normalized spacial score (nSPS) is 22.9. The molecule has 248 valence electrons. The third kappa shape index (κ3) is 8.30. The molecule has 4 heteroatoms. The molecule has 0 spiro atoms. The molecular weight excluding hydrogens is 956 g/mol. The molecule has 0 fully saturated rings. The van der Waals surface area contributed by atoms with Crippen LogP contribution in [0.4, 0.5) is 0 Å². The number of halogens is 2. The van der Waals surface area contributed by atoms with E-state index in [1.54, 1.807) is 24.3 Å². The first-order valence-corrected chi connectivity index (χ1v) is 29.1. The van der Waals surface area contributed by atoms with Gasteiger partial charge in [-0.05, 0) is 0 Å². The van der Waals surface area contributed by atoms with Gasteiger partial charge in [-0.2, -0.15) is 0 Å². The van der Waals surface area contributed by atoms with E-state index in [1.807, 2.05) is 11.1 Å². The molecule has 2 unspecified atom stereocenters. The molecule has 0 aliphatic heterocycles. The van der Waals surface area contributed by atoms with E-state index in [4.69, 9.17) is 0 Å². The van der Waals surface area contributed by atoms with Crippen LogP contribution in [-0.4, -0.2) is 6.51 Å². The van der Waals surface area contributed by atoms with Gasteiger partial charge in [0, 0.05) is 0 Å². The molecule has 6 aliphatic carbocycles. The molecule has 0 saturated heterocycles. The molecular formula is C44H50Cl2Hf2. The summed E-state index contributed by atoms with van der Waals surface area (Å²) in [4.78, 5) is 0. The van der Waals surface area contributed by atoms with E-state index in [2.05, 4.69) is 135 Å². The number of hydrogen-bond donors (Lipinski definition) is 0. The van der Waals surface area contributed by atoms with Gasteiger partial charge in [0.25, 0.3) is 0 Å². The van der Waals surface area contributed by atoms with Crippen LogP contribution in [0, 0.1) is 0 Å². The van der Waals surface area contributed by atoms with Gasteiger partial charge in [0.2, 0.25) is 0 Å². The SMILES string of the molecule is C/[C](c1ccccc1)=[Hf](\[C]1=CC=CC1)[CH]1C=CC2=C1CCCC2.C/[C](c1ccccc1)=[Hf](\[C]1=CC=CC1)[CH]1C=CC2=C1CCCC2.Cl.Cl. The third-order valence-electron chi connectivity index (χ3n) is 10.9. The number of hydrogen-bond acceptors (Lipinski definition) is 0. The van der Waals surface area contributed by atoms with Gasteiger partial charge >= 0.3 is 295 Å². The van der Waals surface area contributed by atoms with Gasteiger partial charge in [-0.25, -0.2) is 0 Å². The fraction of sp³-hybridized carbons (Fsp3) is 0.318. The van der Waals surface area contributed by atoms with Crippen LogP contribution in [0.15, 0.2) is 150 Å². The summed E-state index contributed by atoms with van der Waals surface area (Å²) in [5.74, 6) is 0. The molecule has 48 heavy (non-hydrogen) atoms. The van der Waals surface area contributed by atoms with Crippen LogP contribution in [-0.2, 0) is 41.9 Å². The zero-order valence-electron chi connectivity index (χ0n) is 28.6. The van der Waals surface area contributed by atoms with Gasteiger partial charge in [-0.3, -0.25) is 0 Å². The summed E-state index contributed by atoms with van der Waals surface area (Å²) in [6.07, 6.45) is 37.6. The first kappa shape index (κ1) is 37.7. The Kier molecular flexibility index (Phi) is 14.2. The van der Waals surface area contributed by atoms with E-state index < -0.39 is 41.9 Å². The molecule has 0 radical (unpaired) electrons. The Morgan fingerprint density at radius 1 is 0.542 bits per heavy atom. The molecule has 6 aliphatic rings. The van der Waals surface area contributed by atoms with Gasteiger partial charge in [0.05, 0.1) is 0 Å². The Balaban J connectivity index is 0.000000180. The van der Waals surface area contributed by atoms with E-state index >= 15 is 0 Å². The third-order valence-corrected chi connectivity index (χ3v) is 34.8. The second-order valence-corrected chi connectivity index (χ2v) is 34.1. The summed E-state index contributed by atoms with van der Waals surface area (Å²) in [5.41, 5.74) is 10.00. The second kappa shape index (κ2) is 18.1.